The highest BCUT2D eigenvalue weighted by atomic mass is 32.2. The maximum Gasteiger partial charge on any atom is 0.344 e. The molecule has 1 spiro atoms. The van der Waals surface area contributed by atoms with Crippen LogP contribution in [0.3, 0.4) is 0 Å². The number of hydrazine groups is 1. The summed E-state index contributed by atoms with van der Waals surface area (Å²) < 4.78 is 1.43. The van der Waals surface area contributed by atoms with Crippen molar-refractivity contribution in [3.63, 3.8) is 0 Å². The predicted molar refractivity (Wildman–Crippen MR) is 78.9 cm³/mol. The van der Waals surface area contributed by atoms with Crippen molar-refractivity contribution in [2.75, 3.05) is 5.75 Å². The van der Waals surface area contributed by atoms with E-state index in [-0.39, 0.29) is 11.7 Å². The molecule has 0 bridgehead atoms. The van der Waals surface area contributed by atoms with Crippen LogP contribution in [0.15, 0.2) is 5.16 Å². The first-order valence-electron chi connectivity index (χ1n) is 7.33. The highest BCUT2D eigenvalue weighted by Gasteiger charge is 2.52. The molecular formula is C12H17N7O3S. The molecule has 1 aromatic rings. The molecule has 3 rings (SSSR count). The van der Waals surface area contributed by atoms with Crippen LogP contribution in [-0.4, -0.2) is 54.4 Å². The van der Waals surface area contributed by atoms with Gasteiger partial charge in [0.2, 0.25) is 11.1 Å². The summed E-state index contributed by atoms with van der Waals surface area (Å²) in [5.41, 5.74) is 1.52. The van der Waals surface area contributed by atoms with Crippen molar-refractivity contribution in [1.29, 1.82) is 0 Å². The molecule has 1 saturated carbocycles. The van der Waals surface area contributed by atoms with Gasteiger partial charge in [-0.1, -0.05) is 31.0 Å². The van der Waals surface area contributed by atoms with Gasteiger partial charge in [-0.15, -0.1) is 5.10 Å². The number of nitrogens with one attached hydrogen (secondary N) is 2. The number of amides is 4. The Bertz CT molecular complexity index is 640. The van der Waals surface area contributed by atoms with E-state index in [2.05, 4.69) is 26.3 Å². The third kappa shape index (κ3) is 3.00. The van der Waals surface area contributed by atoms with Gasteiger partial charge in [0.15, 0.2) is 0 Å². The van der Waals surface area contributed by atoms with Crippen LogP contribution in [0.2, 0.25) is 0 Å². The van der Waals surface area contributed by atoms with Gasteiger partial charge >= 0.3 is 6.03 Å². The summed E-state index contributed by atoms with van der Waals surface area (Å²) in [6.45, 7) is 0. The zero-order chi connectivity index (χ0) is 16.4. The Morgan fingerprint density at radius 1 is 1.35 bits per heavy atom. The van der Waals surface area contributed by atoms with Crippen molar-refractivity contribution < 1.29 is 14.4 Å². The first-order valence-corrected chi connectivity index (χ1v) is 8.32. The highest BCUT2D eigenvalue weighted by molar-refractivity contribution is 7.99. The molecule has 0 unspecified atom stereocenters. The van der Waals surface area contributed by atoms with Gasteiger partial charge in [0.05, 0.1) is 5.75 Å². The fourth-order valence-electron chi connectivity index (χ4n) is 2.85. The third-order valence-corrected chi connectivity index (χ3v) is 5.03. The number of carbonyl (C=O) groups excluding carboxylic acids is 3. The smallest absolute Gasteiger partial charge is 0.322 e. The van der Waals surface area contributed by atoms with Crippen LogP contribution in [0.4, 0.5) is 4.79 Å². The van der Waals surface area contributed by atoms with Crippen LogP contribution in [0.5, 0.6) is 0 Å². The molecule has 2 heterocycles. The minimum Gasteiger partial charge on any atom is -0.322 e. The topological polar surface area (TPSA) is 122 Å². The normalized spacial score (nSPS) is 20.0. The van der Waals surface area contributed by atoms with E-state index in [0.717, 1.165) is 36.0 Å². The zero-order valence-corrected chi connectivity index (χ0v) is 13.4. The second-order valence-corrected chi connectivity index (χ2v) is 6.56. The maximum absolute atomic E-state index is 12.5. The van der Waals surface area contributed by atoms with E-state index in [1.54, 1.807) is 7.05 Å². The molecule has 0 atom stereocenters. The molecule has 4 amide bonds. The summed E-state index contributed by atoms with van der Waals surface area (Å²) >= 11 is 1.12. The summed E-state index contributed by atoms with van der Waals surface area (Å²) in [5, 5.41) is 14.9. The Morgan fingerprint density at radius 2 is 2.09 bits per heavy atom. The molecule has 0 radical (unpaired) electrons. The molecule has 2 N–H and O–H groups in total. The van der Waals surface area contributed by atoms with Gasteiger partial charge in [-0.2, -0.15) is 5.01 Å². The lowest BCUT2D eigenvalue weighted by Gasteiger charge is -2.30. The quantitative estimate of drug-likeness (QED) is 0.564. The molecule has 11 heteroatoms. The standard InChI is InChI=1S/C12H17N7O3S/c1-18-11(14-16-17-18)23-7-8(20)15-19-9(21)12(13-10(19)22)5-3-2-4-6-12/h2-7H2,1H3,(H,13,22)(H,15,20). The summed E-state index contributed by atoms with van der Waals surface area (Å²) in [4.78, 5) is 36.5. The van der Waals surface area contributed by atoms with Gasteiger partial charge in [-0.3, -0.25) is 15.0 Å². The Labute approximate surface area is 136 Å². The van der Waals surface area contributed by atoms with E-state index in [9.17, 15) is 14.4 Å². The van der Waals surface area contributed by atoms with Gasteiger partial charge < -0.3 is 5.32 Å². The monoisotopic (exact) mass is 339 g/mol. The first-order chi connectivity index (χ1) is 11.0. The van der Waals surface area contributed by atoms with Crippen LogP contribution in [-0.2, 0) is 16.6 Å². The van der Waals surface area contributed by atoms with Crippen LogP contribution in [0, 0.1) is 0 Å². The van der Waals surface area contributed by atoms with E-state index >= 15 is 0 Å². The molecule has 124 valence electrons. The number of aromatic nitrogens is 4. The molecule has 2 aliphatic rings. The largest absolute Gasteiger partial charge is 0.344 e. The molecule has 0 aromatic carbocycles. The number of nitrogens with zero attached hydrogens (tertiary/aromatic N) is 5. The van der Waals surface area contributed by atoms with Crippen molar-refractivity contribution in [3.05, 3.63) is 0 Å². The SMILES string of the molecule is Cn1nnnc1SCC(=O)NN1C(=O)NC2(CCCCC2)C1=O. The molecule has 2 fully saturated rings. The Hall–Kier alpha value is -2.17. The number of imide groups is 1. The molecule has 1 aliphatic heterocycles. The third-order valence-electron chi connectivity index (χ3n) is 4.02. The molecule has 1 saturated heterocycles. The number of hydrogen-bond acceptors (Lipinski definition) is 7. The number of rotatable bonds is 4. The van der Waals surface area contributed by atoms with Crippen LogP contribution in [0.1, 0.15) is 32.1 Å². The average molecular weight is 339 g/mol. The number of hydrogen-bond donors (Lipinski definition) is 2. The van der Waals surface area contributed by atoms with Crippen LogP contribution in [0.25, 0.3) is 0 Å². The maximum atomic E-state index is 12.5. The number of urea groups is 1. The number of aryl methyl sites for hydroxylation is 1. The van der Waals surface area contributed by atoms with E-state index < -0.39 is 17.5 Å². The van der Waals surface area contributed by atoms with E-state index in [4.69, 9.17) is 0 Å². The Balaban J connectivity index is 1.59. The minimum atomic E-state index is -0.844. The van der Waals surface area contributed by atoms with Crippen molar-refractivity contribution in [1.82, 2.24) is 36.0 Å². The molecular weight excluding hydrogens is 322 g/mol. The molecule has 10 nitrogen and oxygen atoms in total. The van der Waals surface area contributed by atoms with E-state index in [1.807, 2.05) is 0 Å². The Morgan fingerprint density at radius 3 is 2.74 bits per heavy atom. The average Bonchev–Trinajstić information content (AvgIpc) is 3.03. The van der Waals surface area contributed by atoms with Crippen molar-refractivity contribution >= 4 is 29.6 Å². The summed E-state index contributed by atoms with van der Waals surface area (Å²) in [6.07, 6.45) is 4.07. The second-order valence-electron chi connectivity index (χ2n) is 5.62. The van der Waals surface area contributed by atoms with Crippen LogP contribution >= 0.6 is 11.8 Å². The van der Waals surface area contributed by atoms with E-state index in [0.29, 0.717) is 18.0 Å². The summed E-state index contributed by atoms with van der Waals surface area (Å²) in [6, 6.07) is -0.574. The lowest BCUT2D eigenvalue weighted by molar-refractivity contribution is -0.139. The predicted octanol–water partition coefficient (Wildman–Crippen LogP) is -0.412. The fraction of sp³-hybridized carbons (Fsp3) is 0.667. The van der Waals surface area contributed by atoms with Crippen molar-refractivity contribution in [2.45, 2.75) is 42.8 Å². The van der Waals surface area contributed by atoms with Gasteiger partial charge in [-0.05, 0) is 23.3 Å². The molecule has 1 aliphatic carbocycles. The lowest BCUT2D eigenvalue weighted by Crippen LogP contribution is -2.51. The Kier molecular flexibility index (Phi) is 4.20. The van der Waals surface area contributed by atoms with Gasteiger partial charge in [0.1, 0.15) is 5.54 Å². The van der Waals surface area contributed by atoms with E-state index in [1.165, 1.54) is 4.68 Å². The highest BCUT2D eigenvalue weighted by Crippen LogP contribution is 2.33. The summed E-state index contributed by atoms with van der Waals surface area (Å²) in [7, 11) is 1.66. The number of thioether (sulfide) groups is 1. The van der Waals surface area contributed by atoms with Gasteiger partial charge in [0.25, 0.3) is 5.91 Å². The number of tetrazole rings is 1. The lowest BCUT2D eigenvalue weighted by atomic mass is 9.82. The fourth-order valence-corrected chi connectivity index (χ4v) is 3.49. The zero-order valence-electron chi connectivity index (χ0n) is 12.6. The first kappa shape index (κ1) is 15.7. The van der Waals surface area contributed by atoms with Gasteiger partial charge in [0, 0.05) is 7.05 Å². The molecule has 23 heavy (non-hydrogen) atoms. The minimum absolute atomic E-state index is 0.00171. The van der Waals surface area contributed by atoms with Crippen molar-refractivity contribution in [3.8, 4) is 0 Å². The van der Waals surface area contributed by atoms with Crippen LogP contribution < -0.4 is 10.7 Å². The van der Waals surface area contributed by atoms with Crippen molar-refractivity contribution in [2.24, 2.45) is 7.05 Å². The van der Waals surface area contributed by atoms with Gasteiger partial charge in [-0.25, -0.2) is 9.48 Å². The molecule has 1 aromatic heterocycles. The number of carbonyl (C=O) groups is 3. The summed E-state index contributed by atoms with van der Waals surface area (Å²) in [5.74, 6) is -0.839. The second kappa shape index (κ2) is 6.14.